The summed E-state index contributed by atoms with van der Waals surface area (Å²) >= 11 is 25.1. The third-order valence-electron chi connectivity index (χ3n) is 21.6. The topological polar surface area (TPSA) is 216 Å². The molecule has 472 valence electrons. The molecule has 7 N–H and O–H groups in total. The molecule has 2 saturated heterocycles. The number of hydrogen-bond acceptors (Lipinski definition) is 11. The fourth-order valence-electron chi connectivity index (χ4n) is 17.1. The van der Waals surface area contributed by atoms with Gasteiger partial charge in [0, 0.05) is 65.9 Å². The standard InChI is InChI=1S/C34H40Cl2FNO5.C26H26Cl2FNO3.C7H15NO3/c1-32(2)9-11-33(12-10-32)16-22(26(40)13-19-14-27(42-3)28(17-39)43-18-19)29(21-5-4-6-24(36)30(21)37)34(33)23-8-7-20(35)15-25(23)38-31(34)41;1-24(2)8-10-25(11-9-24)13-16(22(31)32)20(15-4-3-5-18(28)21(15)29)26(25)17-7-6-14(27)12-19(17)30-23(26)33;1-10-6-2-5(8)4-11-7(6)3-9/h4-8,15,19,22,27-29,39H,9-14,16-18H2,1-3H3,(H,38,41);3-7,12,16,20H,8-11,13H2,1-2H3,(H,30,33)(H,31,32);5-7,9H,2-4,8H2,1H3/t19-,22+,27+,28-,29+,34-;16-,20+,26?;5-,6+,7-/m111/s1. The predicted molar refractivity (Wildman–Crippen MR) is 331 cm³/mol. The number of ether oxygens (including phenoxy) is 4. The van der Waals surface area contributed by atoms with Gasteiger partial charge in [-0.05, 0) is 163 Å². The van der Waals surface area contributed by atoms with Gasteiger partial charge in [-0.3, -0.25) is 19.2 Å². The second-order valence-corrected chi connectivity index (χ2v) is 29.1. The van der Waals surface area contributed by atoms with E-state index < -0.39 is 69.0 Å². The summed E-state index contributed by atoms with van der Waals surface area (Å²) in [5, 5.41) is 35.8. The zero-order valence-corrected chi connectivity index (χ0v) is 53.2. The summed E-state index contributed by atoms with van der Waals surface area (Å²) in [4.78, 5) is 55.8. The van der Waals surface area contributed by atoms with Gasteiger partial charge in [-0.1, -0.05) is 110 Å². The molecule has 12 rings (SSSR count). The first-order valence-electron chi connectivity index (χ1n) is 30.4. The van der Waals surface area contributed by atoms with Crippen LogP contribution in [-0.4, -0.2) is 110 Å². The molecule has 4 saturated carbocycles. The molecule has 87 heavy (non-hydrogen) atoms. The van der Waals surface area contributed by atoms with Gasteiger partial charge < -0.3 is 50.6 Å². The van der Waals surface area contributed by atoms with Gasteiger partial charge in [-0.15, -0.1) is 0 Å². The molecule has 4 aliphatic carbocycles. The first-order valence-corrected chi connectivity index (χ1v) is 31.9. The van der Waals surface area contributed by atoms with Gasteiger partial charge in [0.25, 0.3) is 0 Å². The van der Waals surface area contributed by atoms with Crippen molar-refractivity contribution in [3.63, 3.8) is 0 Å². The average molecular weight is 1280 g/mol. The van der Waals surface area contributed by atoms with Crippen LogP contribution in [0.2, 0.25) is 20.1 Å². The van der Waals surface area contributed by atoms with Crippen LogP contribution in [0.4, 0.5) is 20.2 Å². The fourth-order valence-corrected chi connectivity index (χ4v) is 17.8. The summed E-state index contributed by atoms with van der Waals surface area (Å²) in [7, 11) is 3.19. The van der Waals surface area contributed by atoms with Gasteiger partial charge in [0.2, 0.25) is 11.8 Å². The highest BCUT2D eigenvalue weighted by atomic mass is 35.5. The van der Waals surface area contributed by atoms with E-state index in [1.54, 1.807) is 62.8 Å². The van der Waals surface area contributed by atoms with Crippen LogP contribution in [0.3, 0.4) is 0 Å². The van der Waals surface area contributed by atoms with E-state index in [2.05, 4.69) is 38.3 Å². The van der Waals surface area contributed by atoms with Crippen LogP contribution in [-0.2, 0) is 49.0 Å². The van der Waals surface area contributed by atoms with Crippen LogP contribution in [0.5, 0.6) is 0 Å². The first kappa shape index (κ1) is 65.6. The number of carbonyl (C=O) groups is 4. The van der Waals surface area contributed by atoms with Crippen molar-refractivity contribution in [1.29, 1.82) is 0 Å². The third-order valence-corrected chi connectivity index (χ3v) is 22.7. The van der Waals surface area contributed by atoms with Crippen molar-refractivity contribution in [1.82, 2.24) is 0 Å². The van der Waals surface area contributed by atoms with Crippen molar-refractivity contribution in [2.24, 2.45) is 45.1 Å². The zero-order valence-electron chi connectivity index (χ0n) is 50.2. The molecule has 0 radical (unpaired) electrons. The molecule has 4 aliphatic heterocycles. The Bertz CT molecular complexity index is 3260. The third kappa shape index (κ3) is 11.6. The summed E-state index contributed by atoms with van der Waals surface area (Å²) < 4.78 is 53.4. The molecule has 4 heterocycles. The number of aliphatic hydroxyl groups excluding tert-OH is 2. The maximum absolute atomic E-state index is 16.2. The number of ketones is 1. The lowest BCUT2D eigenvalue weighted by molar-refractivity contribution is -0.142. The molecular formula is C67H81Cl4F2N3O11. The smallest absolute Gasteiger partial charge is 0.307 e. The van der Waals surface area contributed by atoms with E-state index in [9.17, 15) is 29.4 Å². The van der Waals surface area contributed by atoms with Crippen molar-refractivity contribution in [3.05, 3.63) is 127 Å². The summed E-state index contributed by atoms with van der Waals surface area (Å²) in [5.41, 5.74) is 5.45. The molecular weight excluding hydrogens is 1200 g/mol. The van der Waals surface area contributed by atoms with E-state index in [1.807, 2.05) is 12.1 Å². The summed E-state index contributed by atoms with van der Waals surface area (Å²) in [6.07, 6.45) is 7.73. The zero-order chi connectivity index (χ0) is 62.8. The number of rotatable bonds is 10. The lowest BCUT2D eigenvalue weighted by Crippen LogP contribution is -2.52. The van der Waals surface area contributed by atoms with E-state index in [1.165, 1.54) is 12.1 Å². The van der Waals surface area contributed by atoms with Crippen molar-refractivity contribution < 1.29 is 62.2 Å². The number of carboxylic acid groups (broad SMARTS) is 1. The number of anilines is 2. The van der Waals surface area contributed by atoms with Gasteiger partial charge >= 0.3 is 5.97 Å². The molecule has 4 spiro atoms. The highest BCUT2D eigenvalue weighted by molar-refractivity contribution is 6.32. The Kier molecular flexibility index (Phi) is 19.2. The summed E-state index contributed by atoms with van der Waals surface area (Å²) in [6, 6.07) is 20.3. The van der Waals surface area contributed by atoms with Crippen molar-refractivity contribution in [2.45, 2.75) is 164 Å². The van der Waals surface area contributed by atoms with Crippen LogP contribution < -0.4 is 16.4 Å². The number of nitrogens with two attached hydrogens (primary N) is 1. The average Bonchev–Trinajstić information content (AvgIpc) is 1.56. The predicted octanol–water partition coefficient (Wildman–Crippen LogP) is 13.0. The fraction of sp³-hybridized carbons (Fsp3) is 0.582. The van der Waals surface area contributed by atoms with Crippen LogP contribution >= 0.6 is 46.4 Å². The maximum Gasteiger partial charge on any atom is 0.307 e. The molecule has 4 aromatic carbocycles. The monoisotopic (exact) mass is 1280 g/mol. The number of methoxy groups -OCH3 is 2. The van der Waals surface area contributed by atoms with Crippen molar-refractivity contribution in [3.8, 4) is 0 Å². The first-order chi connectivity index (χ1) is 41.3. The maximum atomic E-state index is 16.2. The Hall–Kier alpha value is -4.30. The molecule has 6 fully saturated rings. The van der Waals surface area contributed by atoms with Crippen molar-refractivity contribution in [2.75, 3.05) is 51.3 Å². The Labute approximate surface area is 528 Å². The molecule has 2 amide bonds. The normalized spacial score (nSPS) is 32.2. The second-order valence-electron chi connectivity index (χ2n) is 27.4. The molecule has 14 nitrogen and oxygen atoms in total. The van der Waals surface area contributed by atoms with Gasteiger partial charge in [0.1, 0.15) is 29.6 Å². The SMILES string of the molecule is CC1(C)CCC2(CC1)C[C@@H](C(=O)O)[C@H](c1cccc(Cl)c1F)C21C(=O)Nc2cc(Cl)ccc21.CO[C@H]1C[C@@H](CC(=O)[C@@H]2CC3(CCC(C)(C)CC3)[C@@]3(C(=O)Nc4cc(Cl)ccc43)[C@H]2c2cccc(Cl)c2F)CO[C@@H]1CO.CO[C@H]1C[C@@H](N)CO[C@@H]1CO. The van der Waals surface area contributed by atoms with Crippen LogP contribution in [0.1, 0.15) is 145 Å². The second kappa shape index (κ2) is 25.4. The number of aliphatic hydroxyl groups is 2. The van der Waals surface area contributed by atoms with E-state index in [4.69, 9.17) is 76.2 Å². The number of amides is 2. The minimum atomic E-state index is -1.22. The number of aliphatic carboxylic acids is 1. The van der Waals surface area contributed by atoms with E-state index in [-0.39, 0.29) is 93.9 Å². The molecule has 0 aromatic heterocycles. The number of nitrogens with one attached hydrogen (secondary N) is 2. The molecule has 1 unspecified atom stereocenters. The van der Waals surface area contributed by atoms with Gasteiger partial charge in [-0.2, -0.15) is 0 Å². The van der Waals surface area contributed by atoms with Crippen LogP contribution in [0.15, 0.2) is 72.8 Å². The van der Waals surface area contributed by atoms with Crippen LogP contribution in [0.25, 0.3) is 0 Å². The number of carboxylic acids is 1. The van der Waals surface area contributed by atoms with Gasteiger partial charge in [0.15, 0.2) is 0 Å². The lowest BCUT2D eigenvalue weighted by Gasteiger charge is -2.51. The summed E-state index contributed by atoms with van der Waals surface area (Å²) in [5.74, 6) is -6.03. The number of benzene rings is 4. The highest BCUT2D eigenvalue weighted by Gasteiger charge is 2.74. The number of Topliss-reactive ketones (excluding diaryl/α,β-unsaturated/α-hetero) is 1. The minimum absolute atomic E-state index is 0.00519. The van der Waals surface area contributed by atoms with Crippen LogP contribution in [0, 0.1) is 51.0 Å². The number of carbonyl (C=O) groups excluding carboxylic acids is 3. The Balaban J connectivity index is 0.000000168. The largest absolute Gasteiger partial charge is 0.481 e. The molecule has 20 heteroatoms. The van der Waals surface area contributed by atoms with Gasteiger partial charge in [-0.25, -0.2) is 8.78 Å². The molecule has 8 aliphatic rings. The number of halogens is 6. The highest BCUT2D eigenvalue weighted by Crippen LogP contribution is 2.74. The number of fused-ring (bicyclic) bond motifs is 6. The quantitative estimate of drug-likeness (QED) is 0.0874. The van der Waals surface area contributed by atoms with E-state index in [0.717, 1.165) is 50.5 Å². The van der Waals surface area contributed by atoms with Crippen molar-refractivity contribution >= 4 is 81.3 Å². The van der Waals surface area contributed by atoms with Gasteiger partial charge in [0.05, 0.1) is 65.4 Å². The Morgan fingerprint density at radius 3 is 1.49 bits per heavy atom. The Morgan fingerprint density at radius 2 is 1.06 bits per heavy atom. The molecule has 12 atom stereocenters. The van der Waals surface area contributed by atoms with E-state index >= 15 is 8.78 Å². The number of hydrogen-bond donors (Lipinski definition) is 6. The summed E-state index contributed by atoms with van der Waals surface area (Å²) in [6.45, 7) is 9.59. The molecule has 0 bridgehead atoms. The lowest BCUT2D eigenvalue weighted by atomic mass is 9.51. The minimum Gasteiger partial charge on any atom is -0.481 e. The molecule has 4 aromatic rings. The van der Waals surface area contributed by atoms with E-state index in [0.29, 0.717) is 77.9 Å². The Morgan fingerprint density at radius 1 is 0.632 bits per heavy atom.